The van der Waals surface area contributed by atoms with Gasteiger partial charge < -0.3 is 14.4 Å². The predicted octanol–water partition coefficient (Wildman–Crippen LogP) is 3.77. The van der Waals surface area contributed by atoms with Crippen LogP contribution in [0.15, 0.2) is 24.3 Å². The first-order chi connectivity index (χ1) is 9.83. The summed E-state index contributed by atoms with van der Waals surface area (Å²) in [5.74, 6) is 0.899. The summed E-state index contributed by atoms with van der Waals surface area (Å²) in [5, 5.41) is 0. The first-order valence-corrected chi connectivity index (χ1v) is 7.55. The molecule has 0 bridgehead atoms. The Morgan fingerprint density at radius 2 is 1.71 bits per heavy atom. The molecular formula is C17H25NO3. The highest BCUT2D eigenvalue weighted by atomic mass is 16.6. The van der Waals surface area contributed by atoms with E-state index in [2.05, 4.69) is 6.92 Å². The summed E-state index contributed by atoms with van der Waals surface area (Å²) >= 11 is 0. The average molecular weight is 291 g/mol. The van der Waals surface area contributed by atoms with Crippen molar-refractivity contribution in [3.8, 4) is 5.75 Å². The normalized spacial score (nSPS) is 16.7. The van der Waals surface area contributed by atoms with Gasteiger partial charge in [-0.05, 0) is 39.8 Å². The second-order valence-electron chi connectivity index (χ2n) is 6.60. The molecule has 1 heterocycles. The summed E-state index contributed by atoms with van der Waals surface area (Å²) < 4.78 is 11.4. The molecule has 1 fully saturated rings. The largest absolute Gasteiger partial charge is 0.490 e. The number of carbonyl (C=O) groups excluding carboxylic acids is 1. The van der Waals surface area contributed by atoms with Gasteiger partial charge in [0.25, 0.3) is 0 Å². The zero-order valence-corrected chi connectivity index (χ0v) is 13.4. The van der Waals surface area contributed by atoms with Gasteiger partial charge in [0, 0.05) is 25.9 Å². The zero-order valence-electron chi connectivity index (χ0n) is 13.4. The Morgan fingerprint density at radius 1 is 1.14 bits per heavy atom. The highest BCUT2D eigenvalue weighted by Crippen LogP contribution is 2.20. The Labute approximate surface area is 127 Å². The molecule has 0 aliphatic carbocycles. The minimum atomic E-state index is -0.438. The lowest BCUT2D eigenvalue weighted by atomic mass is 10.1. The van der Waals surface area contributed by atoms with E-state index in [0.717, 1.165) is 18.6 Å². The van der Waals surface area contributed by atoms with Crippen molar-refractivity contribution in [1.29, 1.82) is 0 Å². The van der Waals surface area contributed by atoms with E-state index in [1.165, 1.54) is 5.56 Å². The minimum absolute atomic E-state index is 0.173. The SMILES string of the molecule is Cc1ccc(OC2CCN(C(=O)OC(C)(C)C)CC2)cc1. The molecule has 1 aliphatic rings. The summed E-state index contributed by atoms with van der Waals surface area (Å²) in [5.41, 5.74) is 0.786. The number of hydrogen-bond donors (Lipinski definition) is 0. The molecule has 116 valence electrons. The smallest absolute Gasteiger partial charge is 0.410 e. The maximum absolute atomic E-state index is 12.0. The second kappa shape index (κ2) is 6.37. The highest BCUT2D eigenvalue weighted by molar-refractivity contribution is 5.68. The monoisotopic (exact) mass is 291 g/mol. The molecule has 0 aromatic heterocycles. The lowest BCUT2D eigenvalue weighted by molar-refractivity contribution is 0.0126. The molecule has 1 aromatic carbocycles. The van der Waals surface area contributed by atoms with Crippen LogP contribution in [0.2, 0.25) is 0 Å². The van der Waals surface area contributed by atoms with Crippen LogP contribution >= 0.6 is 0 Å². The zero-order chi connectivity index (χ0) is 15.5. The molecule has 1 saturated heterocycles. The summed E-state index contributed by atoms with van der Waals surface area (Å²) in [6.45, 7) is 9.09. The fraction of sp³-hybridized carbons (Fsp3) is 0.588. The predicted molar refractivity (Wildman–Crippen MR) is 82.6 cm³/mol. The maximum atomic E-state index is 12.0. The van der Waals surface area contributed by atoms with Crippen LogP contribution in [0.5, 0.6) is 5.75 Å². The fourth-order valence-electron chi connectivity index (χ4n) is 2.29. The van der Waals surface area contributed by atoms with Gasteiger partial charge in [-0.15, -0.1) is 0 Å². The third-order valence-electron chi connectivity index (χ3n) is 3.42. The van der Waals surface area contributed by atoms with Gasteiger partial charge in [-0.1, -0.05) is 17.7 Å². The Bertz CT molecular complexity index is 468. The molecule has 2 rings (SSSR count). The standard InChI is InChI=1S/C17H25NO3/c1-13-5-7-14(8-6-13)20-15-9-11-18(12-10-15)16(19)21-17(2,3)4/h5-8,15H,9-12H2,1-4H3. The Morgan fingerprint density at radius 3 is 2.24 bits per heavy atom. The summed E-state index contributed by atoms with van der Waals surface area (Å²) in [7, 11) is 0. The number of nitrogens with zero attached hydrogens (tertiary/aromatic N) is 1. The number of piperidine rings is 1. The van der Waals surface area contributed by atoms with Crippen LogP contribution in [0.4, 0.5) is 4.79 Å². The molecule has 4 nitrogen and oxygen atoms in total. The Balaban J connectivity index is 1.80. The van der Waals surface area contributed by atoms with Gasteiger partial charge >= 0.3 is 6.09 Å². The molecule has 4 heteroatoms. The van der Waals surface area contributed by atoms with E-state index in [0.29, 0.717) is 13.1 Å². The molecular weight excluding hydrogens is 266 g/mol. The van der Waals surface area contributed by atoms with E-state index < -0.39 is 5.60 Å². The fourth-order valence-corrected chi connectivity index (χ4v) is 2.29. The van der Waals surface area contributed by atoms with Crippen LogP contribution in [0.3, 0.4) is 0 Å². The number of benzene rings is 1. The van der Waals surface area contributed by atoms with Crippen molar-refractivity contribution >= 4 is 6.09 Å². The molecule has 0 unspecified atom stereocenters. The third kappa shape index (κ3) is 4.96. The van der Waals surface area contributed by atoms with Crippen LogP contribution in [0.25, 0.3) is 0 Å². The first kappa shape index (κ1) is 15.7. The number of rotatable bonds is 2. The lowest BCUT2D eigenvalue weighted by Crippen LogP contribution is -2.44. The van der Waals surface area contributed by atoms with Gasteiger partial charge in [0.1, 0.15) is 17.5 Å². The molecule has 1 aromatic rings. The van der Waals surface area contributed by atoms with Crippen LogP contribution in [-0.2, 0) is 4.74 Å². The van der Waals surface area contributed by atoms with Gasteiger partial charge in [-0.2, -0.15) is 0 Å². The molecule has 1 aliphatic heterocycles. The molecule has 1 amide bonds. The van der Waals surface area contributed by atoms with Gasteiger partial charge in [0.15, 0.2) is 0 Å². The first-order valence-electron chi connectivity index (χ1n) is 7.55. The molecule has 21 heavy (non-hydrogen) atoms. The molecule has 0 atom stereocenters. The molecule has 0 N–H and O–H groups in total. The van der Waals surface area contributed by atoms with Crippen molar-refractivity contribution < 1.29 is 14.3 Å². The third-order valence-corrected chi connectivity index (χ3v) is 3.42. The molecule has 0 radical (unpaired) electrons. The number of carbonyl (C=O) groups is 1. The highest BCUT2D eigenvalue weighted by Gasteiger charge is 2.27. The number of hydrogen-bond acceptors (Lipinski definition) is 3. The quantitative estimate of drug-likeness (QED) is 0.832. The number of amides is 1. The second-order valence-corrected chi connectivity index (χ2v) is 6.60. The Kier molecular flexibility index (Phi) is 4.76. The van der Waals surface area contributed by atoms with Crippen molar-refractivity contribution in [3.63, 3.8) is 0 Å². The van der Waals surface area contributed by atoms with E-state index in [9.17, 15) is 4.79 Å². The van der Waals surface area contributed by atoms with Crippen molar-refractivity contribution in [2.24, 2.45) is 0 Å². The number of ether oxygens (including phenoxy) is 2. The van der Waals surface area contributed by atoms with E-state index in [4.69, 9.17) is 9.47 Å². The van der Waals surface area contributed by atoms with E-state index >= 15 is 0 Å². The van der Waals surface area contributed by atoms with E-state index in [1.54, 1.807) is 4.90 Å². The topological polar surface area (TPSA) is 38.8 Å². The van der Waals surface area contributed by atoms with Crippen LogP contribution in [-0.4, -0.2) is 35.8 Å². The van der Waals surface area contributed by atoms with Crippen LogP contribution < -0.4 is 4.74 Å². The van der Waals surface area contributed by atoms with Crippen molar-refractivity contribution in [3.05, 3.63) is 29.8 Å². The molecule has 0 spiro atoms. The van der Waals surface area contributed by atoms with Crippen LogP contribution in [0.1, 0.15) is 39.2 Å². The van der Waals surface area contributed by atoms with Crippen molar-refractivity contribution in [1.82, 2.24) is 4.90 Å². The van der Waals surface area contributed by atoms with Gasteiger partial charge in [0.2, 0.25) is 0 Å². The van der Waals surface area contributed by atoms with E-state index in [1.807, 2.05) is 45.0 Å². The summed E-state index contributed by atoms with van der Waals surface area (Å²) in [4.78, 5) is 13.7. The average Bonchev–Trinajstić information content (AvgIpc) is 2.40. The summed E-state index contributed by atoms with van der Waals surface area (Å²) in [6, 6.07) is 8.08. The number of aryl methyl sites for hydroxylation is 1. The van der Waals surface area contributed by atoms with Crippen molar-refractivity contribution in [2.45, 2.75) is 52.2 Å². The Hall–Kier alpha value is -1.71. The summed E-state index contributed by atoms with van der Waals surface area (Å²) in [6.07, 6.45) is 1.63. The van der Waals surface area contributed by atoms with Gasteiger partial charge in [0.05, 0.1) is 0 Å². The van der Waals surface area contributed by atoms with Gasteiger partial charge in [-0.25, -0.2) is 4.79 Å². The molecule has 0 saturated carbocycles. The van der Waals surface area contributed by atoms with Crippen LogP contribution in [0, 0.1) is 6.92 Å². The van der Waals surface area contributed by atoms with Crippen molar-refractivity contribution in [2.75, 3.05) is 13.1 Å². The number of likely N-dealkylation sites (tertiary alicyclic amines) is 1. The van der Waals surface area contributed by atoms with Gasteiger partial charge in [-0.3, -0.25) is 0 Å². The lowest BCUT2D eigenvalue weighted by Gasteiger charge is -2.33. The minimum Gasteiger partial charge on any atom is -0.490 e. The van der Waals surface area contributed by atoms with E-state index in [-0.39, 0.29) is 12.2 Å². The maximum Gasteiger partial charge on any atom is 0.410 e.